The zero-order valence-electron chi connectivity index (χ0n) is 7.90. The summed E-state index contributed by atoms with van der Waals surface area (Å²) < 4.78 is 0. The van der Waals surface area contributed by atoms with E-state index in [-0.39, 0.29) is 0 Å². The Morgan fingerprint density at radius 2 is 2.29 bits per heavy atom. The Morgan fingerprint density at radius 3 is 3.07 bits per heavy atom. The molecule has 0 spiro atoms. The van der Waals surface area contributed by atoms with E-state index >= 15 is 0 Å². The van der Waals surface area contributed by atoms with Gasteiger partial charge >= 0.3 is 0 Å². The number of fused-ring (bicyclic) bond motifs is 1. The van der Waals surface area contributed by atoms with Crippen molar-refractivity contribution in [1.29, 1.82) is 0 Å². The normalized spacial score (nSPS) is 20.7. The SMILES string of the molecule is CC1CC(NO)=Nc2ccccc2S1. The van der Waals surface area contributed by atoms with E-state index in [2.05, 4.69) is 23.5 Å². The predicted octanol–water partition coefficient (Wildman–Crippen LogP) is 2.58. The summed E-state index contributed by atoms with van der Waals surface area (Å²) in [7, 11) is 0. The van der Waals surface area contributed by atoms with Gasteiger partial charge in [0, 0.05) is 16.6 Å². The molecular formula is C10H12N2OS. The summed E-state index contributed by atoms with van der Waals surface area (Å²) in [5.74, 6) is 0.634. The summed E-state index contributed by atoms with van der Waals surface area (Å²) in [4.78, 5) is 5.51. The molecule has 1 aromatic rings. The molecule has 0 fully saturated rings. The maximum Gasteiger partial charge on any atom is 0.127 e. The van der Waals surface area contributed by atoms with Crippen LogP contribution in [0.25, 0.3) is 0 Å². The molecule has 4 heteroatoms. The van der Waals surface area contributed by atoms with E-state index in [0.29, 0.717) is 11.1 Å². The number of aliphatic imine (C=N–C) groups is 1. The van der Waals surface area contributed by atoms with Crippen LogP contribution < -0.4 is 5.48 Å². The maximum atomic E-state index is 8.87. The summed E-state index contributed by atoms with van der Waals surface area (Å²) in [6.45, 7) is 2.12. The largest absolute Gasteiger partial charge is 0.290 e. The maximum absolute atomic E-state index is 8.87. The lowest BCUT2D eigenvalue weighted by Crippen LogP contribution is -2.21. The lowest BCUT2D eigenvalue weighted by atomic mass is 10.3. The van der Waals surface area contributed by atoms with E-state index in [0.717, 1.165) is 12.1 Å². The zero-order valence-corrected chi connectivity index (χ0v) is 8.71. The third-order valence-electron chi connectivity index (χ3n) is 2.06. The Morgan fingerprint density at radius 1 is 1.50 bits per heavy atom. The number of amidine groups is 1. The summed E-state index contributed by atoms with van der Waals surface area (Å²) >= 11 is 1.79. The molecule has 1 aliphatic rings. The van der Waals surface area contributed by atoms with Gasteiger partial charge < -0.3 is 0 Å². The van der Waals surface area contributed by atoms with Crippen LogP contribution in [-0.4, -0.2) is 16.3 Å². The van der Waals surface area contributed by atoms with Crippen molar-refractivity contribution in [3.63, 3.8) is 0 Å². The van der Waals surface area contributed by atoms with Gasteiger partial charge in [-0.1, -0.05) is 19.1 Å². The summed E-state index contributed by atoms with van der Waals surface area (Å²) in [6, 6.07) is 7.97. The molecule has 3 nitrogen and oxygen atoms in total. The van der Waals surface area contributed by atoms with Crippen molar-refractivity contribution in [2.75, 3.05) is 0 Å². The van der Waals surface area contributed by atoms with Gasteiger partial charge in [-0.25, -0.2) is 4.99 Å². The third-order valence-corrected chi connectivity index (χ3v) is 3.23. The zero-order chi connectivity index (χ0) is 9.97. The van der Waals surface area contributed by atoms with Gasteiger partial charge in [0.1, 0.15) is 5.84 Å². The number of thioether (sulfide) groups is 1. The summed E-state index contributed by atoms with van der Waals surface area (Å²) in [5, 5.41) is 9.30. The van der Waals surface area contributed by atoms with E-state index in [9.17, 15) is 0 Å². The van der Waals surface area contributed by atoms with Crippen molar-refractivity contribution < 1.29 is 5.21 Å². The minimum atomic E-state index is 0.428. The fraction of sp³-hybridized carbons (Fsp3) is 0.300. The van der Waals surface area contributed by atoms with Crippen LogP contribution in [0.3, 0.4) is 0 Å². The second-order valence-electron chi connectivity index (χ2n) is 3.27. The van der Waals surface area contributed by atoms with E-state index in [1.165, 1.54) is 4.90 Å². The summed E-state index contributed by atoms with van der Waals surface area (Å²) in [5.41, 5.74) is 3.08. The molecular weight excluding hydrogens is 196 g/mol. The van der Waals surface area contributed by atoms with Gasteiger partial charge in [0.05, 0.1) is 5.69 Å². The highest BCUT2D eigenvalue weighted by Gasteiger charge is 2.15. The van der Waals surface area contributed by atoms with Gasteiger partial charge in [-0.2, -0.15) is 0 Å². The number of hydrogen-bond acceptors (Lipinski definition) is 4. The lowest BCUT2D eigenvalue weighted by molar-refractivity contribution is 0.232. The average molecular weight is 208 g/mol. The molecule has 0 saturated carbocycles. The third kappa shape index (κ3) is 1.91. The molecule has 1 aliphatic heterocycles. The molecule has 1 heterocycles. The van der Waals surface area contributed by atoms with Crippen molar-refractivity contribution in [3.8, 4) is 0 Å². The van der Waals surface area contributed by atoms with Gasteiger partial charge in [0.2, 0.25) is 0 Å². The van der Waals surface area contributed by atoms with Crippen LogP contribution in [0.5, 0.6) is 0 Å². The number of hydroxylamine groups is 1. The highest BCUT2D eigenvalue weighted by Crippen LogP contribution is 2.35. The monoisotopic (exact) mass is 208 g/mol. The quantitative estimate of drug-likeness (QED) is 0.644. The van der Waals surface area contributed by atoms with E-state index in [4.69, 9.17) is 5.21 Å². The molecule has 0 saturated heterocycles. The van der Waals surface area contributed by atoms with Crippen LogP contribution in [0.1, 0.15) is 13.3 Å². The van der Waals surface area contributed by atoms with Gasteiger partial charge in [0.25, 0.3) is 0 Å². The van der Waals surface area contributed by atoms with E-state index < -0.39 is 0 Å². The molecule has 74 valence electrons. The predicted molar refractivity (Wildman–Crippen MR) is 58.4 cm³/mol. The second-order valence-corrected chi connectivity index (χ2v) is 4.75. The first-order chi connectivity index (χ1) is 6.79. The minimum absolute atomic E-state index is 0.428. The topological polar surface area (TPSA) is 44.6 Å². The van der Waals surface area contributed by atoms with Gasteiger partial charge in [-0.15, -0.1) is 11.8 Å². The van der Waals surface area contributed by atoms with Crippen LogP contribution in [-0.2, 0) is 0 Å². The summed E-state index contributed by atoms with van der Waals surface area (Å²) in [6.07, 6.45) is 0.760. The first-order valence-electron chi connectivity index (χ1n) is 4.53. The molecule has 0 amide bonds. The van der Waals surface area contributed by atoms with Gasteiger partial charge in [-0.05, 0) is 12.1 Å². The number of benzene rings is 1. The molecule has 2 N–H and O–H groups in total. The highest BCUT2D eigenvalue weighted by molar-refractivity contribution is 8.00. The molecule has 2 rings (SSSR count). The molecule has 1 atom stereocenters. The molecule has 0 aromatic heterocycles. The van der Waals surface area contributed by atoms with Crippen LogP contribution in [0, 0.1) is 0 Å². The number of hydrogen-bond donors (Lipinski definition) is 2. The Balaban J connectivity index is 2.42. The first-order valence-corrected chi connectivity index (χ1v) is 5.41. The fourth-order valence-corrected chi connectivity index (χ4v) is 2.51. The molecule has 1 aromatic carbocycles. The van der Waals surface area contributed by atoms with Gasteiger partial charge in [0.15, 0.2) is 0 Å². The highest BCUT2D eigenvalue weighted by atomic mass is 32.2. The van der Waals surface area contributed by atoms with E-state index in [1.54, 1.807) is 11.8 Å². The Bertz CT molecular complexity index is 365. The van der Waals surface area contributed by atoms with Crippen molar-refractivity contribution in [3.05, 3.63) is 24.3 Å². The van der Waals surface area contributed by atoms with Gasteiger partial charge in [-0.3, -0.25) is 10.7 Å². The standard InChI is InChI=1S/C10H12N2OS/c1-7-6-10(12-13)11-8-4-2-3-5-9(8)14-7/h2-5,7,13H,6H2,1H3,(H,11,12). The molecule has 0 radical (unpaired) electrons. The number of nitrogens with one attached hydrogen (secondary N) is 1. The first kappa shape index (κ1) is 9.55. The molecule has 1 unspecified atom stereocenters. The van der Waals surface area contributed by atoms with Crippen molar-refractivity contribution >= 4 is 23.3 Å². The number of rotatable bonds is 0. The molecule has 14 heavy (non-hydrogen) atoms. The van der Waals surface area contributed by atoms with Crippen molar-refractivity contribution in [2.24, 2.45) is 4.99 Å². The number of para-hydroxylation sites is 1. The Hall–Kier alpha value is -1.00. The van der Waals surface area contributed by atoms with Crippen LogP contribution in [0.15, 0.2) is 34.2 Å². The smallest absolute Gasteiger partial charge is 0.127 e. The fourth-order valence-electron chi connectivity index (χ4n) is 1.44. The number of nitrogens with zero attached hydrogens (tertiary/aromatic N) is 1. The van der Waals surface area contributed by atoms with Crippen LogP contribution in [0.2, 0.25) is 0 Å². The molecule has 0 aliphatic carbocycles. The Labute approximate surface area is 87.2 Å². The van der Waals surface area contributed by atoms with E-state index in [1.807, 2.05) is 18.2 Å². The molecule has 0 bridgehead atoms. The average Bonchev–Trinajstić information content (AvgIpc) is 2.35. The van der Waals surface area contributed by atoms with Crippen LogP contribution >= 0.6 is 11.8 Å². The van der Waals surface area contributed by atoms with Crippen molar-refractivity contribution in [2.45, 2.75) is 23.5 Å². The van der Waals surface area contributed by atoms with Crippen LogP contribution in [0.4, 0.5) is 5.69 Å². The second kappa shape index (κ2) is 4.02. The minimum Gasteiger partial charge on any atom is -0.290 e. The van der Waals surface area contributed by atoms with Crippen molar-refractivity contribution in [1.82, 2.24) is 5.48 Å². The lowest BCUT2D eigenvalue weighted by Gasteiger charge is -2.07. The Kier molecular flexibility index (Phi) is 2.74.